The molecule has 3 rings (SSSR count). The lowest BCUT2D eigenvalue weighted by molar-refractivity contribution is -0.152. The summed E-state index contributed by atoms with van der Waals surface area (Å²) < 4.78 is 0. The molecule has 4 nitrogen and oxygen atoms in total. The third-order valence-electron chi connectivity index (χ3n) is 4.82. The summed E-state index contributed by atoms with van der Waals surface area (Å²) in [6.07, 6.45) is 3.71. The van der Waals surface area contributed by atoms with E-state index >= 15 is 0 Å². The molecule has 108 valence electrons. The topological polar surface area (TPSA) is 43.8 Å². The van der Waals surface area contributed by atoms with Crippen LogP contribution in [0.3, 0.4) is 0 Å². The first-order chi connectivity index (χ1) is 9.72. The normalized spacial score (nSPS) is 22.9. The molecule has 0 atom stereocenters. The summed E-state index contributed by atoms with van der Waals surface area (Å²) in [5.41, 5.74) is 0.579. The smallest absolute Gasteiger partial charge is 0.324 e. The van der Waals surface area contributed by atoms with E-state index in [1.165, 1.54) is 5.69 Å². The van der Waals surface area contributed by atoms with Gasteiger partial charge in [0.2, 0.25) is 0 Å². The first kappa shape index (κ1) is 13.4. The lowest BCUT2D eigenvalue weighted by atomic mass is 9.85. The number of anilines is 1. The van der Waals surface area contributed by atoms with E-state index in [4.69, 9.17) is 0 Å². The molecule has 2 fully saturated rings. The van der Waals surface area contributed by atoms with E-state index in [0.29, 0.717) is 0 Å². The molecule has 1 N–H and O–H groups in total. The molecular formula is C16H22N2O2. The molecule has 0 saturated carbocycles. The molecule has 1 aromatic carbocycles. The number of hydrogen-bond donors (Lipinski definition) is 1. The van der Waals surface area contributed by atoms with Crippen LogP contribution in [0.1, 0.15) is 25.7 Å². The summed E-state index contributed by atoms with van der Waals surface area (Å²) in [6, 6.07) is 10.3. The van der Waals surface area contributed by atoms with Gasteiger partial charge in [-0.1, -0.05) is 18.2 Å². The highest BCUT2D eigenvalue weighted by atomic mass is 16.4. The Bertz CT molecular complexity index is 461. The molecule has 1 aromatic rings. The summed E-state index contributed by atoms with van der Waals surface area (Å²) in [5.74, 6) is -0.632. The summed E-state index contributed by atoms with van der Waals surface area (Å²) in [6.45, 7) is 3.54. The van der Waals surface area contributed by atoms with Crippen molar-refractivity contribution < 1.29 is 9.90 Å². The van der Waals surface area contributed by atoms with E-state index in [2.05, 4.69) is 21.9 Å². The predicted octanol–water partition coefficient (Wildman–Crippen LogP) is 2.21. The Labute approximate surface area is 120 Å². The van der Waals surface area contributed by atoms with Gasteiger partial charge in [0.25, 0.3) is 0 Å². The Kier molecular flexibility index (Phi) is 3.66. The molecule has 0 unspecified atom stereocenters. The Morgan fingerprint density at radius 1 is 1.00 bits per heavy atom. The molecule has 0 aromatic heterocycles. The zero-order valence-corrected chi connectivity index (χ0v) is 11.8. The van der Waals surface area contributed by atoms with Crippen molar-refractivity contribution in [2.75, 3.05) is 31.1 Å². The second-order valence-corrected chi connectivity index (χ2v) is 5.85. The minimum atomic E-state index is -0.632. The third-order valence-corrected chi connectivity index (χ3v) is 4.82. The van der Waals surface area contributed by atoms with Crippen LogP contribution >= 0.6 is 0 Å². The van der Waals surface area contributed by atoms with E-state index in [0.717, 1.165) is 51.9 Å². The average molecular weight is 274 g/mol. The number of carbonyl (C=O) groups is 1. The highest BCUT2D eigenvalue weighted by Gasteiger charge is 2.47. The lowest BCUT2D eigenvalue weighted by Gasteiger charge is -2.45. The first-order valence-corrected chi connectivity index (χ1v) is 7.51. The van der Waals surface area contributed by atoms with Crippen LogP contribution in [0.25, 0.3) is 0 Å². The fourth-order valence-corrected chi connectivity index (χ4v) is 3.58. The van der Waals surface area contributed by atoms with Crippen molar-refractivity contribution in [2.45, 2.75) is 31.2 Å². The summed E-state index contributed by atoms with van der Waals surface area (Å²) >= 11 is 0. The number of nitrogens with zero attached hydrogens (tertiary/aromatic N) is 2. The average Bonchev–Trinajstić information content (AvgIpc) is 3.03. The van der Waals surface area contributed by atoms with Gasteiger partial charge >= 0.3 is 5.97 Å². The van der Waals surface area contributed by atoms with Gasteiger partial charge in [-0.2, -0.15) is 0 Å². The largest absolute Gasteiger partial charge is 0.480 e. The molecule has 2 aliphatic heterocycles. The molecule has 0 bridgehead atoms. The Morgan fingerprint density at radius 2 is 1.60 bits per heavy atom. The van der Waals surface area contributed by atoms with Gasteiger partial charge in [0.1, 0.15) is 5.54 Å². The monoisotopic (exact) mass is 274 g/mol. The minimum absolute atomic E-state index is 0.623. The zero-order chi connectivity index (χ0) is 14.0. The summed E-state index contributed by atoms with van der Waals surface area (Å²) in [5, 5.41) is 9.75. The van der Waals surface area contributed by atoms with Crippen molar-refractivity contribution in [1.29, 1.82) is 0 Å². The molecule has 0 spiro atoms. The molecule has 2 saturated heterocycles. The van der Waals surface area contributed by atoms with Crippen molar-refractivity contribution in [3.05, 3.63) is 30.3 Å². The zero-order valence-electron chi connectivity index (χ0n) is 11.8. The SMILES string of the molecule is O=C(O)C1(N2CCCC2)CCN(c2ccccc2)CC1. The molecule has 0 aliphatic carbocycles. The van der Waals surface area contributed by atoms with Crippen LogP contribution in [-0.4, -0.2) is 47.7 Å². The number of benzene rings is 1. The van der Waals surface area contributed by atoms with Crippen LogP contribution in [0.4, 0.5) is 5.69 Å². The number of piperidine rings is 1. The quantitative estimate of drug-likeness (QED) is 0.917. The Balaban J connectivity index is 1.73. The Morgan fingerprint density at radius 3 is 2.15 bits per heavy atom. The van der Waals surface area contributed by atoms with Crippen molar-refractivity contribution in [3.63, 3.8) is 0 Å². The van der Waals surface area contributed by atoms with E-state index in [9.17, 15) is 9.90 Å². The van der Waals surface area contributed by atoms with E-state index in [1.54, 1.807) is 0 Å². The molecule has 4 heteroatoms. The number of rotatable bonds is 3. The molecule has 20 heavy (non-hydrogen) atoms. The van der Waals surface area contributed by atoms with Gasteiger partial charge in [0.05, 0.1) is 0 Å². The number of carboxylic acid groups (broad SMARTS) is 1. The van der Waals surface area contributed by atoms with E-state index in [1.807, 2.05) is 18.2 Å². The van der Waals surface area contributed by atoms with Crippen LogP contribution in [-0.2, 0) is 4.79 Å². The third kappa shape index (κ3) is 2.29. The molecule has 2 aliphatic rings. The maximum atomic E-state index is 11.8. The Hall–Kier alpha value is -1.55. The van der Waals surface area contributed by atoms with Gasteiger partial charge in [-0.05, 0) is 50.9 Å². The maximum Gasteiger partial charge on any atom is 0.324 e. The van der Waals surface area contributed by atoms with E-state index < -0.39 is 11.5 Å². The maximum absolute atomic E-state index is 11.8. The standard InChI is InChI=1S/C16H22N2O2/c19-15(20)16(18-10-4-5-11-18)8-12-17(13-9-16)14-6-2-1-3-7-14/h1-3,6-7H,4-5,8-13H2,(H,19,20). The fourth-order valence-electron chi connectivity index (χ4n) is 3.58. The number of likely N-dealkylation sites (tertiary alicyclic amines) is 1. The molecular weight excluding hydrogens is 252 g/mol. The van der Waals surface area contributed by atoms with Gasteiger partial charge in [-0.25, -0.2) is 0 Å². The lowest BCUT2D eigenvalue weighted by Crippen LogP contribution is -2.59. The number of aliphatic carboxylic acids is 1. The van der Waals surface area contributed by atoms with Crippen LogP contribution in [0.2, 0.25) is 0 Å². The molecule has 0 amide bonds. The predicted molar refractivity (Wildman–Crippen MR) is 79.1 cm³/mol. The van der Waals surface area contributed by atoms with Gasteiger partial charge < -0.3 is 10.0 Å². The number of carboxylic acids is 1. The van der Waals surface area contributed by atoms with Crippen molar-refractivity contribution in [2.24, 2.45) is 0 Å². The van der Waals surface area contributed by atoms with Crippen LogP contribution < -0.4 is 4.90 Å². The number of para-hydroxylation sites is 1. The van der Waals surface area contributed by atoms with Gasteiger partial charge in [0, 0.05) is 18.8 Å². The van der Waals surface area contributed by atoms with Crippen molar-refractivity contribution >= 4 is 11.7 Å². The summed E-state index contributed by atoms with van der Waals surface area (Å²) in [4.78, 5) is 16.4. The number of hydrogen-bond acceptors (Lipinski definition) is 3. The first-order valence-electron chi connectivity index (χ1n) is 7.51. The fraction of sp³-hybridized carbons (Fsp3) is 0.562. The van der Waals surface area contributed by atoms with Gasteiger partial charge in [-0.15, -0.1) is 0 Å². The van der Waals surface area contributed by atoms with Crippen LogP contribution in [0, 0.1) is 0 Å². The van der Waals surface area contributed by atoms with Gasteiger partial charge in [-0.3, -0.25) is 9.69 Å². The highest BCUT2D eigenvalue weighted by Crippen LogP contribution is 2.34. The second-order valence-electron chi connectivity index (χ2n) is 5.85. The van der Waals surface area contributed by atoms with Crippen molar-refractivity contribution in [3.8, 4) is 0 Å². The molecule has 0 radical (unpaired) electrons. The van der Waals surface area contributed by atoms with Crippen LogP contribution in [0.15, 0.2) is 30.3 Å². The summed E-state index contributed by atoms with van der Waals surface area (Å²) in [7, 11) is 0. The van der Waals surface area contributed by atoms with Crippen LogP contribution in [0.5, 0.6) is 0 Å². The molecule has 2 heterocycles. The highest BCUT2D eigenvalue weighted by molar-refractivity contribution is 5.79. The second kappa shape index (κ2) is 5.44. The van der Waals surface area contributed by atoms with E-state index in [-0.39, 0.29) is 0 Å². The van der Waals surface area contributed by atoms with Crippen molar-refractivity contribution in [1.82, 2.24) is 4.90 Å². The minimum Gasteiger partial charge on any atom is -0.480 e. The van der Waals surface area contributed by atoms with Gasteiger partial charge in [0.15, 0.2) is 0 Å².